The molecule has 0 aliphatic heterocycles. The van der Waals surface area contributed by atoms with Crippen LogP contribution in [0.5, 0.6) is 0 Å². The maximum atomic E-state index is 2.19. The Kier molecular flexibility index (Phi) is 11.6. The van der Waals surface area contributed by atoms with Gasteiger partial charge >= 0.3 is 0 Å². The molecule has 28 heavy (non-hydrogen) atoms. The molecular weight excluding hydrogens is 417 g/mol. The first-order valence-corrected chi connectivity index (χ1v) is 12.7. The molecule has 4 aromatic rings. The summed E-state index contributed by atoms with van der Waals surface area (Å²) in [4.78, 5) is 7.06. The summed E-state index contributed by atoms with van der Waals surface area (Å²) < 4.78 is 0. The molecule has 0 atom stereocenters. The van der Waals surface area contributed by atoms with E-state index in [0.717, 1.165) is 0 Å². The molecule has 0 amide bonds. The summed E-state index contributed by atoms with van der Waals surface area (Å²) in [6.45, 7) is 17.0. The monoisotopic (exact) mass is 448 g/mol. The van der Waals surface area contributed by atoms with Gasteiger partial charge in [-0.25, -0.2) is 0 Å². The summed E-state index contributed by atoms with van der Waals surface area (Å²) >= 11 is 7.26. The number of hydrogen-bond donors (Lipinski definition) is 0. The van der Waals surface area contributed by atoms with Gasteiger partial charge in [0.25, 0.3) is 0 Å². The van der Waals surface area contributed by atoms with Gasteiger partial charge in [-0.05, 0) is 119 Å². The van der Waals surface area contributed by atoms with Crippen molar-refractivity contribution < 1.29 is 0 Å². The molecule has 0 saturated heterocycles. The van der Waals surface area contributed by atoms with Crippen LogP contribution < -0.4 is 0 Å². The van der Waals surface area contributed by atoms with Crippen LogP contribution in [-0.4, -0.2) is 0 Å². The predicted molar refractivity (Wildman–Crippen MR) is 135 cm³/mol. The van der Waals surface area contributed by atoms with Gasteiger partial charge in [0.1, 0.15) is 0 Å². The third-order valence-corrected chi connectivity index (χ3v) is 7.76. The van der Waals surface area contributed by atoms with Crippen molar-refractivity contribution in [3.63, 3.8) is 0 Å². The van der Waals surface area contributed by atoms with E-state index < -0.39 is 0 Å². The van der Waals surface area contributed by atoms with Gasteiger partial charge in [0.15, 0.2) is 0 Å². The van der Waals surface area contributed by atoms with Crippen LogP contribution in [-0.2, 0) is 0 Å². The van der Waals surface area contributed by atoms with Gasteiger partial charge in [0.2, 0.25) is 0 Å². The molecule has 4 aromatic heterocycles. The van der Waals surface area contributed by atoms with Gasteiger partial charge < -0.3 is 0 Å². The van der Waals surface area contributed by atoms with E-state index in [4.69, 9.17) is 0 Å². The maximum absolute atomic E-state index is 2.19. The zero-order valence-corrected chi connectivity index (χ0v) is 21.5. The Morgan fingerprint density at radius 3 is 1.11 bits per heavy atom. The lowest BCUT2D eigenvalue weighted by molar-refractivity contribution is 1.44. The van der Waals surface area contributed by atoms with Crippen LogP contribution in [0, 0.1) is 55.4 Å². The molecule has 4 heteroatoms. The summed E-state index contributed by atoms with van der Waals surface area (Å²) in [6, 6.07) is 10.7. The fourth-order valence-electron chi connectivity index (χ4n) is 2.03. The zero-order valence-electron chi connectivity index (χ0n) is 18.3. The topological polar surface area (TPSA) is 0 Å². The Morgan fingerprint density at radius 1 is 0.536 bits per heavy atom. The van der Waals surface area contributed by atoms with Crippen molar-refractivity contribution in [3.05, 3.63) is 87.5 Å². The third-order valence-electron chi connectivity index (χ3n) is 3.97. The molecule has 0 aliphatic carbocycles. The molecule has 0 aromatic carbocycles. The second kappa shape index (κ2) is 13.1. The van der Waals surface area contributed by atoms with E-state index in [2.05, 4.69) is 102 Å². The standard InChI is InChI=1S/4C6H8S/c1-5-3-6(2)7-4-5;2*1-5-3-4-7-6(5)2;1-5-3-4-6(2)7-5/h4*3-4H,1-2H3. The van der Waals surface area contributed by atoms with Gasteiger partial charge in [-0.3, -0.25) is 0 Å². The molecule has 0 N–H and O–H groups in total. The Morgan fingerprint density at radius 2 is 1.00 bits per heavy atom. The predicted octanol–water partition coefficient (Wildman–Crippen LogP) is 9.46. The van der Waals surface area contributed by atoms with Crippen molar-refractivity contribution in [2.45, 2.75) is 55.4 Å². The van der Waals surface area contributed by atoms with Crippen molar-refractivity contribution in [3.8, 4) is 0 Å². The molecule has 0 unspecified atom stereocenters. The van der Waals surface area contributed by atoms with Crippen LogP contribution in [0.4, 0.5) is 0 Å². The molecule has 0 nitrogen and oxygen atoms in total. The summed E-state index contributed by atoms with van der Waals surface area (Å²) in [5.41, 5.74) is 4.19. The number of rotatable bonds is 0. The van der Waals surface area contributed by atoms with E-state index in [1.165, 1.54) is 41.1 Å². The van der Waals surface area contributed by atoms with Crippen molar-refractivity contribution >= 4 is 45.3 Å². The number of thiophene rings is 4. The molecule has 0 bridgehead atoms. The fourth-order valence-corrected chi connectivity index (χ4v) is 4.96. The van der Waals surface area contributed by atoms with E-state index >= 15 is 0 Å². The summed E-state index contributed by atoms with van der Waals surface area (Å²) in [5.74, 6) is 0. The average molecular weight is 449 g/mol. The highest BCUT2D eigenvalue weighted by Gasteiger charge is 1.88. The molecule has 0 aliphatic rings. The van der Waals surface area contributed by atoms with E-state index in [1.54, 1.807) is 34.0 Å². The molecule has 0 fully saturated rings. The third kappa shape index (κ3) is 10.4. The normalized spacial score (nSPS) is 9.43. The molecule has 4 heterocycles. The molecule has 0 radical (unpaired) electrons. The first-order chi connectivity index (χ1) is 13.2. The second-order valence-corrected chi connectivity index (χ2v) is 11.6. The molecule has 152 valence electrons. The van der Waals surface area contributed by atoms with Gasteiger partial charge in [-0.2, -0.15) is 0 Å². The lowest BCUT2D eigenvalue weighted by Crippen LogP contribution is -1.61. The summed E-state index contributed by atoms with van der Waals surface area (Å²) in [5, 5.41) is 6.39. The highest BCUT2D eigenvalue weighted by molar-refractivity contribution is 7.11. The number of hydrogen-bond acceptors (Lipinski definition) is 4. The second-order valence-electron chi connectivity index (χ2n) is 6.71. The van der Waals surface area contributed by atoms with Crippen molar-refractivity contribution in [1.29, 1.82) is 0 Å². The van der Waals surface area contributed by atoms with Crippen LogP contribution in [0.3, 0.4) is 0 Å². The largest absolute Gasteiger partial charge is 0.149 e. The average Bonchev–Trinajstić information content (AvgIpc) is 3.39. The van der Waals surface area contributed by atoms with Crippen molar-refractivity contribution in [2.24, 2.45) is 0 Å². The first kappa shape index (κ1) is 24.8. The Balaban J connectivity index is 0.000000187. The maximum Gasteiger partial charge on any atom is 0.00433 e. The van der Waals surface area contributed by atoms with Crippen LogP contribution in [0.15, 0.2) is 46.5 Å². The van der Waals surface area contributed by atoms with Crippen molar-refractivity contribution in [2.75, 3.05) is 0 Å². The zero-order chi connectivity index (χ0) is 21.1. The highest BCUT2D eigenvalue weighted by atomic mass is 32.1. The minimum Gasteiger partial charge on any atom is -0.149 e. The lowest BCUT2D eigenvalue weighted by atomic mass is 10.3. The SMILES string of the molecule is Cc1ccc(C)s1.Cc1ccsc1C.Cc1ccsc1C.Cc1csc(C)c1. The molecule has 0 saturated carbocycles. The van der Waals surface area contributed by atoms with E-state index in [-0.39, 0.29) is 0 Å². The summed E-state index contributed by atoms with van der Waals surface area (Å²) in [6.07, 6.45) is 0. The number of aryl methyl sites for hydroxylation is 8. The molecule has 0 spiro atoms. The van der Waals surface area contributed by atoms with Crippen LogP contribution in [0.25, 0.3) is 0 Å². The highest BCUT2D eigenvalue weighted by Crippen LogP contribution is 2.13. The van der Waals surface area contributed by atoms with E-state index in [1.807, 2.05) is 11.3 Å². The van der Waals surface area contributed by atoms with Crippen molar-refractivity contribution in [1.82, 2.24) is 0 Å². The van der Waals surface area contributed by atoms with E-state index in [9.17, 15) is 0 Å². The molecular formula is C24H32S4. The first-order valence-electron chi connectivity index (χ1n) is 9.25. The van der Waals surface area contributed by atoms with Gasteiger partial charge in [-0.15, -0.1) is 45.3 Å². The minimum absolute atomic E-state index is 1.38. The Bertz CT molecular complexity index is 775. The van der Waals surface area contributed by atoms with Crippen LogP contribution in [0.2, 0.25) is 0 Å². The molecule has 4 rings (SSSR count). The quantitative estimate of drug-likeness (QED) is 0.251. The Hall–Kier alpha value is -1.20. The van der Waals surface area contributed by atoms with Crippen LogP contribution in [0.1, 0.15) is 41.1 Å². The lowest BCUT2D eigenvalue weighted by Gasteiger charge is -1.79. The van der Waals surface area contributed by atoms with Gasteiger partial charge in [-0.1, -0.05) is 0 Å². The van der Waals surface area contributed by atoms with Crippen LogP contribution >= 0.6 is 45.3 Å². The van der Waals surface area contributed by atoms with Gasteiger partial charge in [0, 0.05) is 24.4 Å². The summed E-state index contributed by atoms with van der Waals surface area (Å²) in [7, 11) is 0. The fraction of sp³-hybridized carbons (Fsp3) is 0.333. The smallest absolute Gasteiger partial charge is 0.00433 e. The van der Waals surface area contributed by atoms with Gasteiger partial charge in [0.05, 0.1) is 0 Å². The minimum atomic E-state index is 1.38. The Labute approximate surface area is 187 Å². The van der Waals surface area contributed by atoms with E-state index in [0.29, 0.717) is 0 Å².